The molecule has 5 heteroatoms. The fraction of sp³-hybridized carbons (Fsp3) is 0.118. The summed E-state index contributed by atoms with van der Waals surface area (Å²) in [6.07, 6.45) is 0. The van der Waals surface area contributed by atoms with Crippen LogP contribution >= 0.6 is 11.8 Å². The van der Waals surface area contributed by atoms with Crippen LogP contribution in [0.15, 0.2) is 53.4 Å². The van der Waals surface area contributed by atoms with Crippen molar-refractivity contribution in [2.75, 3.05) is 14.1 Å². The monoisotopic (exact) mass is 310 g/mol. The molecule has 0 spiro atoms. The summed E-state index contributed by atoms with van der Waals surface area (Å²) in [5.74, 6) is -0.258. The highest BCUT2D eigenvalue weighted by molar-refractivity contribution is 8.13. The van der Waals surface area contributed by atoms with Crippen molar-refractivity contribution < 1.29 is 9.59 Å². The van der Waals surface area contributed by atoms with Crippen molar-refractivity contribution in [3.8, 4) is 6.07 Å². The smallest absolute Gasteiger partial charge is 0.285 e. The maximum atomic E-state index is 12.7. The SMILES string of the molecule is CN(C)C(=O)Sc1ccccc1C(=O)c1ccccc1C#N. The minimum Gasteiger partial charge on any atom is -0.339 e. The molecule has 0 radical (unpaired) electrons. The van der Waals surface area contributed by atoms with Gasteiger partial charge < -0.3 is 4.90 Å². The van der Waals surface area contributed by atoms with E-state index in [0.717, 1.165) is 11.8 Å². The molecule has 0 saturated heterocycles. The Hall–Kier alpha value is -2.58. The zero-order chi connectivity index (χ0) is 16.1. The van der Waals surface area contributed by atoms with Gasteiger partial charge in [-0.05, 0) is 36.0 Å². The highest BCUT2D eigenvalue weighted by Crippen LogP contribution is 2.27. The van der Waals surface area contributed by atoms with Crippen molar-refractivity contribution in [2.45, 2.75) is 4.90 Å². The lowest BCUT2D eigenvalue weighted by Gasteiger charge is -2.12. The molecule has 0 unspecified atom stereocenters. The van der Waals surface area contributed by atoms with Crippen LogP contribution in [0.5, 0.6) is 0 Å². The second-order valence-electron chi connectivity index (χ2n) is 4.75. The molecule has 0 saturated carbocycles. The van der Waals surface area contributed by atoms with Gasteiger partial charge in [0.1, 0.15) is 0 Å². The number of ketones is 1. The van der Waals surface area contributed by atoms with Gasteiger partial charge in [0.2, 0.25) is 0 Å². The lowest BCUT2D eigenvalue weighted by molar-refractivity contribution is 0.103. The molecule has 0 bridgehead atoms. The number of nitrogens with zero attached hydrogens (tertiary/aromatic N) is 2. The second kappa shape index (κ2) is 6.92. The number of hydrogen-bond donors (Lipinski definition) is 0. The molecule has 0 aromatic heterocycles. The molecule has 0 fully saturated rings. The van der Waals surface area contributed by atoms with Crippen LogP contribution in [0.2, 0.25) is 0 Å². The number of carbonyl (C=O) groups excluding carboxylic acids is 2. The van der Waals surface area contributed by atoms with E-state index in [2.05, 4.69) is 0 Å². The number of hydrogen-bond acceptors (Lipinski definition) is 4. The molecule has 0 N–H and O–H groups in total. The van der Waals surface area contributed by atoms with Gasteiger partial charge in [-0.15, -0.1) is 0 Å². The Bertz CT molecular complexity index is 763. The number of amides is 1. The van der Waals surface area contributed by atoms with E-state index in [1.807, 2.05) is 6.07 Å². The number of rotatable bonds is 3. The molecule has 0 heterocycles. The average molecular weight is 310 g/mol. The van der Waals surface area contributed by atoms with E-state index in [1.54, 1.807) is 62.6 Å². The Morgan fingerprint density at radius 2 is 1.59 bits per heavy atom. The summed E-state index contributed by atoms with van der Waals surface area (Å²) in [6.45, 7) is 0. The van der Waals surface area contributed by atoms with Crippen molar-refractivity contribution >= 4 is 22.8 Å². The quantitative estimate of drug-likeness (QED) is 0.642. The predicted octanol–water partition coefficient (Wildman–Crippen LogP) is 3.56. The molecule has 0 atom stereocenters. The molecule has 0 aliphatic rings. The minimum absolute atomic E-state index is 0.159. The van der Waals surface area contributed by atoms with Crippen LogP contribution in [0.1, 0.15) is 21.5 Å². The molecule has 2 rings (SSSR count). The van der Waals surface area contributed by atoms with Crippen molar-refractivity contribution in [1.29, 1.82) is 5.26 Å². The zero-order valence-electron chi connectivity index (χ0n) is 12.2. The van der Waals surface area contributed by atoms with Crippen LogP contribution in [0.4, 0.5) is 4.79 Å². The standard InChI is InChI=1S/C17H14N2O2S/c1-19(2)17(21)22-15-10-6-5-9-14(15)16(20)13-8-4-3-7-12(13)11-18/h3-10H,1-2H3. The molecule has 22 heavy (non-hydrogen) atoms. The third kappa shape index (κ3) is 3.35. The van der Waals surface area contributed by atoms with E-state index in [0.29, 0.717) is 21.6 Å². The lowest BCUT2D eigenvalue weighted by atomic mass is 9.99. The molecule has 4 nitrogen and oxygen atoms in total. The first kappa shape index (κ1) is 15.8. The predicted molar refractivity (Wildman–Crippen MR) is 86.0 cm³/mol. The summed E-state index contributed by atoms with van der Waals surface area (Å²) in [5.41, 5.74) is 1.09. The minimum atomic E-state index is -0.258. The van der Waals surface area contributed by atoms with Gasteiger partial charge >= 0.3 is 0 Å². The summed E-state index contributed by atoms with van der Waals surface area (Å²) in [4.78, 5) is 26.6. The molecular weight excluding hydrogens is 296 g/mol. The van der Waals surface area contributed by atoms with Crippen LogP contribution in [-0.2, 0) is 0 Å². The number of nitriles is 1. The fourth-order valence-corrected chi connectivity index (χ4v) is 2.64. The Morgan fingerprint density at radius 1 is 1.00 bits per heavy atom. The zero-order valence-corrected chi connectivity index (χ0v) is 13.1. The maximum Gasteiger partial charge on any atom is 0.285 e. The first-order chi connectivity index (χ1) is 10.5. The lowest BCUT2D eigenvalue weighted by Crippen LogP contribution is -2.16. The van der Waals surface area contributed by atoms with E-state index < -0.39 is 0 Å². The van der Waals surface area contributed by atoms with Crippen molar-refractivity contribution in [1.82, 2.24) is 4.90 Å². The fourth-order valence-electron chi connectivity index (χ4n) is 1.85. The molecular formula is C17H14N2O2S. The van der Waals surface area contributed by atoms with Gasteiger partial charge in [-0.3, -0.25) is 9.59 Å². The number of benzene rings is 2. The molecule has 0 aliphatic carbocycles. The third-order valence-corrected chi connectivity index (χ3v) is 4.10. The first-order valence-corrected chi connectivity index (χ1v) is 7.38. The second-order valence-corrected chi connectivity index (χ2v) is 5.74. The van der Waals surface area contributed by atoms with E-state index in [1.165, 1.54) is 4.90 Å². The summed E-state index contributed by atoms with van der Waals surface area (Å²) < 4.78 is 0. The highest BCUT2D eigenvalue weighted by Gasteiger charge is 2.18. The molecule has 2 aromatic rings. The normalized spacial score (nSPS) is 9.86. The van der Waals surface area contributed by atoms with Gasteiger partial charge in [0.15, 0.2) is 5.78 Å². The molecule has 0 aliphatic heterocycles. The van der Waals surface area contributed by atoms with Crippen LogP contribution < -0.4 is 0 Å². The van der Waals surface area contributed by atoms with Crippen molar-refractivity contribution in [3.05, 3.63) is 65.2 Å². The van der Waals surface area contributed by atoms with Crippen LogP contribution in [0, 0.1) is 11.3 Å². The Labute approximate surface area is 133 Å². The summed E-state index contributed by atoms with van der Waals surface area (Å²) in [6, 6.07) is 15.6. The van der Waals surface area contributed by atoms with Crippen molar-refractivity contribution in [2.24, 2.45) is 0 Å². The largest absolute Gasteiger partial charge is 0.339 e. The molecule has 110 valence electrons. The first-order valence-electron chi connectivity index (χ1n) is 6.56. The Kier molecular flexibility index (Phi) is 4.97. The van der Waals surface area contributed by atoms with E-state index in [4.69, 9.17) is 5.26 Å². The Morgan fingerprint density at radius 3 is 2.23 bits per heavy atom. The van der Waals surface area contributed by atoms with E-state index in [9.17, 15) is 9.59 Å². The maximum absolute atomic E-state index is 12.7. The number of thioether (sulfide) groups is 1. The Balaban J connectivity index is 2.43. The van der Waals surface area contributed by atoms with E-state index >= 15 is 0 Å². The average Bonchev–Trinajstić information content (AvgIpc) is 2.54. The van der Waals surface area contributed by atoms with Gasteiger partial charge in [0.25, 0.3) is 5.24 Å². The summed E-state index contributed by atoms with van der Waals surface area (Å²) in [7, 11) is 3.31. The van der Waals surface area contributed by atoms with Gasteiger partial charge in [0.05, 0.1) is 11.6 Å². The van der Waals surface area contributed by atoms with Crippen LogP contribution in [0.25, 0.3) is 0 Å². The van der Waals surface area contributed by atoms with Crippen LogP contribution in [0.3, 0.4) is 0 Å². The van der Waals surface area contributed by atoms with Gasteiger partial charge in [-0.1, -0.05) is 24.3 Å². The summed E-state index contributed by atoms with van der Waals surface area (Å²) >= 11 is 0.998. The topological polar surface area (TPSA) is 61.2 Å². The highest BCUT2D eigenvalue weighted by atomic mass is 32.2. The third-order valence-electron chi connectivity index (χ3n) is 2.99. The van der Waals surface area contributed by atoms with Gasteiger partial charge in [0, 0.05) is 30.1 Å². The molecule has 1 amide bonds. The van der Waals surface area contributed by atoms with Crippen LogP contribution in [-0.4, -0.2) is 30.0 Å². The summed E-state index contributed by atoms with van der Waals surface area (Å²) in [5, 5.41) is 8.98. The molecule has 2 aromatic carbocycles. The van der Waals surface area contributed by atoms with Crippen molar-refractivity contribution in [3.63, 3.8) is 0 Å². The van der Waals surface area contributed by atoms with E-state index in [-0.39, 0.29) is 11.0 Å². The number of carbonyl (C=O) groups is 2. The van der Waals surface area contributed by atoms with Gasteiger partial charge in [-0.25, -0.2) is 0 Å². The van der Waals surface area contributed by atoms with Gasteiger partial charge in [-0.2, -0.15) is 5.26 Å².